The molecule has 1 saturated heterocycles. The minimum atomic E-state index is -0.627. The van der Waals surface area contributed by atoms with Crippen molar-refractivity contribution in [2.75, 3.05) is 13.1 Å². The van der Waals surface area contributed by atoms with E-state index in [4.69, 9.17) is 5.73 Å². The number of nitrogens with zero attached hydrogens (tertiary/aromatic N) is 2. The molecule has 1 aromatic carbocycles. The monoisotopic (exact) mass is 313 g/mol. The highest BCUT2D eigenvalue weighted by atomic mass is 16.2. The molecular formula is C16H19N5O2. The maximum Gasteiger partial charge on any atom is 0.271 e. The van der Waals surface area contributed by atoms with Gasteiger partial charge in [0, 0.05) is 18.7 Å². The van der Waals surface area contributed by atoms with Crippen LogP contribution in [0.4, 0.5) is 0 Å². The number of hydrogen-bond donors (Lipinski definition) is 3. The Labute approximate surface area is 133 Å². The van der Waals surface area contributed by atoms with Crippen LogP contribution in [0.5, 0.6) is 0 Å². The minimum Gasteiger partial charge on any atom is -0.364 e. The second kappa shape index (κ2) is 6.62. The smallest absolute Gasteiger partial charge is 0.271 e. The van der Waals surface area contributed by atoms with Crippen LogP contribution in [0.15, 0.2) is 36.4 Å². The number of benzene rings is 1. The number of nitrogens with two attached hydrogens (primary N) is 1. The Bertz CT molecular complexity index is 705. The number of carbonyl (C=O) groups is 2. The average Bonchev–Trinajstić information content (AvgIpc) is 3.23. The van der Waals surface area contributed by atoms with Crippen molar-refractivity contribution in [2.24, 2.45) is 5.73 Å². The predicted molar refractivity (Wildman–Crippen MR) is 85.4 cm³/mol. The summed E-state index contributed by atoms with van der Waals surface area (Å²) < 4.78 is 1.39. The topological polar surface area (TPSA) is 102 Å². The van der Waals surface area contributed by atoms with E-state index >= 15 is 0 Å². The standard InChI is InChI=1S/C16H19N5O2/c17-15(22)14-9-13(16(23)19-10-11-5-4-8-18-11)20-21(14)12-6-2-1-3-7-12/h1-3,6-7,9,11,18H,4-5,8,10H2,(H2,17,22)(H,19,23). The van der Waals surface area contributed by atoms with Crippen LogP contribution in [0.3, 0.4) is 0 Å². The van der Waals surface area contributed by atoms with E-state index < -0.39 is 5.91 Å². The number of amides is 2. The molecule has 1 unspecified atom stereocenters. The zero-order valence-corrected chi connectivity index (χ0v) is 12.7. The van der Waals surface area contributed by atoms with Gasteiger partial charge in [0.05, 0.1) is 5.69 Å². The maximum absolute atomic E-state index is 12.3. The summed E-state index contributed by atoms with van der Waals surface area (Å²) in [6.45, 7) is 1.53. The molecule has 2 aromatic rings. The highest BCUT2D eigenvalue weighted by Crippen LogP contribution is 2.12. The summed E-state index contributed by atoms with van der Waals surface area (Å²) in [6, 6.07) is 10.8. The zero-order chi connectivity index (χ0) is 16.2. The zero-order valence-electron chi connectivity index (χ0n) is 12.7. The molecule has 0 saturated carbocycles. The molecule has 1 fully saturated rings. The molecule has 7 nitrogen and oxygen atoms in total. The van der Waals surface area contributed by atoms with Gasteiger partial charge < -0.3 is 16.4 Å². The van der Waals surface area contributed by atoms with E-state index in [0.717, 1.165) is 19.4 Å². The number of aromatic nitrogens is 2. The van der Waals surface area contributed by atoms with Gasteiger partial charge in [-0.05, 0) is 31.5 Å². The van der Waals surface area contributed by atoms with Crippen LogP contribution in [-0.4, -0.2) is 40.7 Å². The third kappa shape index (κ3) is 3.40. The van der Waals surface area contributed by atoms with Crippen LogP contribution in [0, 0.1) is 0 Å². The van der Waals surface area contributed by atoms with Crippen molar-refractivity contribution < 1.29 is 9.59 Å². The fourth-order valence-corrected chi connectivity index (χ4v) is 2.67. The quantitative estimate of drug-likeness (QED) is 0.746. The first kappa shape index (κ1) is 15.2. The molecule has 0 spiro atoms. The van der Waals surface area contributed by atoms with Gasteiger partial charge in [-0.15, -0.1) is 0 Å². The van der Waals surface area contributed by atoms with Crippen molar-refractivity contribution >= 4 is 11.8 Å². The van der Waals surface area contributed by atoms with Crippen LogP contribution in [0.2, 0.25) is 0 Å². The SMILES string of the molecule is NC(=O)c1cc(C(=O)NCC2CCCN2)nn1-c1ccccc1. The molecule has 1 aromatic heterocycles. The lowest BCUT2D eigenvalue weighted by Crippen LogP contribution is -2.37. The number of carbonyl (C=O) groups excluding carboxylic acids is 2. The molecule has 1 aliphatic rings. The summed E-state index contributed by atoms with van der Waals surface area (Å²) in [6.07, 6.45) is 2.17. The Morgan fingerprint density at radius 1 is 1.35 bits per heavy atom. The molecular weight excluding hydrogens is 294 g/mol. The van der Waals surface area contributed by atoms with Crippen molar-refractivity contribution in [1.82, 2.24) is 20.4 Å². The molecule has 3 rings (SSSR count). The highest BCUT2D eigenvalue weighted by molar-refractivity contribution is 5.97. The van der Waals surface area contributed by atoms with Crippen molar-refractivity contribution in [3.8, 4) is 5.69 Å². The van der Waals surface area contributed by atoms with Gasteiger partial charge in [0.15, 0.2) is 5.69 Å². The molecule has 23 heavy (non-hydrogen) atoms. The van der Waals surface area contributed by atoms with E-state index in [1.165, 1.54) is 10.7 Å². The number of hydrogen-bond acceptors (Lipinski definition) is 4. The summed E-state index contributed by atoms with van der Waals surface area (Å²) in [7, 11) is 0. The van der Waals surface area contributed by atoms with Crippen LogP contribution < -0.4 is 16.4 Å². The summed E-state index contributed by atoms with van der Waals surface area (Å²) in [5, 5.41) is 10.4. The van der Waals surface area contributed by atoms with E-state index in [-0.39, 0.29) is 17.3 Å². The van der Waals surface area contributed by atoms with E-state index in [9.17, 15) is 9.59 Å². The van der Waals surface area contributed by atoms with Crippen molar-refractivity contribution in [2.45, 2.75) is 18.9 Å². The lowest BCUT2D eigenvalue weighted by molar-refractivity contribution is 0.0944. The Kier molecular flexibility index (Phi) is 4.38. The lowest BCUT2D eigenvalue weighted by Gasteiger charge is -2.10. The summed E-state index contributed by atoms with van der Waals surface area (Å²) in [4.78, 5) is 23.9. The molecule has 1 atom stereocenters. The molecule has 1 aliphatic heterocycles. The molecule has 0 aliphatic carbocycles. The van der Waals surface area contributed by atoms with Crippen LogP contribution in [-0.2, 0) is 0 Å². The van der Waals surface area contributed by atoms with Crippen LogP contribution in [0.1, 0.15) is 33.8 Å². The summed E-state index contributed by atoms with van der Waals surface area (Å²) in [5.41, 5.74) is 6.44. The fraction of sp³-hybridized carbons (Fsp3) is 0.312. The first-order valence-electron chi connectivity index (χ1n) is 7.62. The van der Waals surface area contributed by atoms with Gasteiger partial charge in [0.25, 0.3) is 11.8 Å². The first-order chi connectivity index (χ1) is 11.1. The van der Waals surface area contributed by atoms with Gasteiger partial charge in [-0.1, -0.05) is 18.2 Å². The van der Waals surface area contributed by atoms with Crippen LogP contribution >= 0.6 is 0 Å². The van der Waals surface area contributed by atoms with Crippen molar-refractivity contribution in [1.29, 1.82) is 0 Å². The average molecular weight is 313 g/mol. The lowest BCUT2D eigenvalue weighted by atomic mass is 10.2. The molecule has 0 bridgehead atoms. The van der Waals surface area contributed by atoms with E-state index in [2.05, 4.69) is 15.7 Å². The molecule has 2 heterocycles. The minimum absolute atomic E-state index is 0.181. The Morgan fingerprint density at radius 3 is 2.78 bits per heavy atom. The van der Waals surface area contributed by atoms with Gasteiger partial charge >= 0.3 is 0 Å². The second-order valence-corrected chi connectivity index (χ2v) is 5.53. The van der Waals surface area contributed by atoms with Gasteiger partial charge in [-0.3, -0.25) is 9.59 Å². The van der Waals surface area contributed by atoms with Gasteiger partial charge in [0.1, 0.15) is 5.69 Å². The number of nitrogens with one attached hydrogen (secondary N) is 2. The Balaban J connectivity index is 1.79. The number of primary amides is 1. The maximum atomic E-state index is 12.3. The molecule has 120 valence electrons. The van der Waals surface area contributed by atoms with E-state index in [0.29, 0.717) is 18.3 Å². The number of rotatable bonds is 5. The molecule has 4 N–H and O–H groups in total. The van der Waals surface area contributed by atoms with Gasteiger partial charge in [0.2, 0.25) is 0 Å². The predicted octanol–water partition coefficient (Wildman–Crippen LogP) is 0.453. The largest absolute Gasteiger partial charge is 0.364 e. The van der Waals surface area contributed by atoms with Crippen LogP contribution in [0.25, 0.3) is 5.69 Å². The molecule has 0 radical (unpaired) electrons. The number of para-hydroxylation sites is 1. The van der Waals surface area contributed by atoms with Crippen molar-refractivity contribution in [3.05, 3.63) is 47.8 Å². The molecule has 2 amide bonds. The second-order valence-electron chi connectivity index (χ2n) is 5.53. The normalized spacial score (nSPS) is 17.1. The summed E-state index contributed by atoms with van der Waals surface area (Å²) >= 11 is 0. The third-order valence-corrected chi connectivity index (χ3v) is 3.87. The first-order valence-corrected chi connectivity index (χ1v) is 7.62. The summed E-state index contributed by atoms with van der Waals surface area (Å²) in [5.74, 6) is -0.936. The highest BCUT2D eigenvalue weighted by Gasteiger charge is 2.20. The Morgan fingerprint density at radius 2 is 2.13 bits per heavy atom. The van der Waals surface area contributed by atoms with Gasteiger partial charge in [-0.25, -0.2) is 4.68 Å². The van der Waals surface area contributed by atoms with E-state index in [1.807, 2.05) is 18.2 Å². The Hall–Kier alpha value is -2.67. The van der Waals surface area contributed by atoms with E-state index in [1.54, 1.807) is 12.1 Å². The third-order valence-electron chi connectivity index (χ3n) is 3.87. The fourth-order valence-electron chi connectivity index (χ4n) is 2.67. The van der Waals surface area contributed by atoms with Gasteiger partial charge in [-0.2, -0.15) is 5.10 Å². The molecule has 7 heteroatoms. The van der Waals surface area contributed by atoms with Crippen molar-refractivity contribution in [3.63, 3.8) is 0 Å².